The van der Waals surface area contributed by atoms with Gasteiger partial charge in [0.05, 0.1) is 18.0 Å². The van der Waals surface area contributed by atoms with E-state index >= 15 is 0 Å². The van der Waals surface area contributed by atoms with Crippen LogP contribution in [0.4, 0.5) is 16.4 Å². The molecule has 2 amide bonds. The second-order valence-corrected chi connectivity index (χ2v) is 9.09. The van der Waals surface area contributed by atoms with Gasteiger partial charge in [0.1, 0.15) is 5.75 Å². The normalized spacial score (nSPS) is 14.7. The molecule has 6 rings (SSSR count). The second kappa shape index (κ2) is 10.2. The Morgan fingerprint density at radius 3 is 2.58 bits per heavy atom. The second-order valence-electron chi connectivity index (χ2n) is 9.09. The number of amides is 2. The maximum absolute atomic E-state index is 13.0. The third-order valence-electron chi connectivity index (χ3n) is 6.52. The van der Waals surface area contributed by atoms with E-state index in [4.69, 9.17) is 9.26 Å². The third-order valence-corrected chi connectivity index (χ3v) is 6.52. The summed E-state index contributed by atoms with van der Waals surface area (Å²) >= 11 is 0. The Bertz CT molecular complexity index is 1560. The Kier molecular flexibility index (Phi) is 6.27. The average Bonchev–Trinajstić information content (AvgIpc) is 3.56. The zero-order valence-electron chi connectivity index (χ0n) is 20.6. The number of anilines is 2. The number of nitrogens with zero attached hydrogens (tertiary/aromatic N) is 4. The predicted octanol–water partition coefficient (Wildman–Crippen LogP) is 5.78. The number of carbonyl (C=O) groups excluding carboxylic acids is 1. The monoisotopic (exact) mass is 507 g/mol. The van der Waals surface area contributed by atoms with Gasteiger partial charge < -0.3 is 14.6 Å². The maximum atomic E-state index is 13.0. The fourth-order valence-corrected chi connectivity index (χ4v) is 4.86. The zero-order chi connectivity index (χ0) is 25.9. The minimum atomic E-state index is -0.462. The van der Waals surface area contributed by atoms with E-state index in [0.29, 0.717) is 29.6 Å². The molecule has 1 aliphatic heterocycles. The van der Waals surface area contributed by atoms with Crippen molar-refractivity contribution < 1.29 is 14.1 Å². The van der Waals surface area contributed by atoms with Crippen molar-refractivity contribution in [1.82, 2.24) is 25.8 Å². The summed E-state index contributed by atoms with van der Waals surface area (Å²) in [5.74, 6) is 1.49. The molecule has 0 radical (unpaired) electrons. The summed E-state index contributed by atoms with van der Waals surface area (Å²) in [6.07, 6.45) is 1.79. The van der Waals surface area contributed by atoms with Crippen LogP contribution in [0, 0.1) is 6.92 Å². The quantitative estimate of drug-likeness (QED) is 0.275. The van der Waals surface area contributed by atoms with Gasteiger partial charge in [0.2, 0.25) is 11.7 Å². The number of ether oxygens (including phenoxy) is 1. The van der Waals surface area contributed by atoms with Gasteiger partial charge in [0.15, 0.2) is 0 Å². The summed E-state index contributed by atoms with van der Waals surface area (Å²) in [4.78, 5) is 13.0. The van der Waals surface area contributed by atoms with Crippen LogP contribution in [0.25, 0.3) is 22.5 Å². The SMILES string of the molecule is Cc1cc(NC(=O)Nc2cc(-c3ccccc3-c3nn[nH]n3)cc3c2OCCCC3c2ccccc2)on1. The van der Waals surface area contributed by atoms with Gasteiger partial charge in [-0.2, -0.15) is 5.21 Å². The molecule has 0 fully saturated rings. The first-order valence-corrected chi connectivity index (χ1v) is 12.4. The molecule has 0 saturated carbocycles. The first kappa shape index (κ1) is 23.4. The number of rotatable bonds is 5. The van der Waals surface area contributed by atoms with E-state index in [-0.39, 0.29) is 11.8 Å². The summed E-state index contributed by atoms with van der Waals surface area (Å²) in [6, 6.07) is 23.4. The number of carbonyl (C=O) groups is 1. The van der Waals surface area contributed by atoms with Crippen molar-refractivity contribution in [2.24, 2.45) is 0 Å². The first-order valence-electron chi connectivity index (χ1n) is 12.4. The Hall–Kier alpha value is -4.99. The lowest BCUT2D eigenvalue weighted by Crippen LogP contribution is -2.20. The smallest absolute Gasteiger partial charge is 0.326 e. The van der Waals surface area contributed by atoms with Crippen LogP contribution in [0.2, 0.25) is 0 Å². The highest BCUT2D eigenvalue weighted by atomic mass is 16.5. The van der Waals surface area contributed by atoms with Gasteiger partial charge in [0, 0.05) is 23.1 Å². The Morgan fingerprint density at radius 1 is 1.00 bits per heavy atom. The summed E-state index contributed by atoms with van der Waals surface area (Å²) < 4.78 is 11.4. The molecule has 0 bridgehead atoms. The van der Waals surface area contributed by atoms with Gasteiger partial charge in [-0.25, -0.2) is 4.79 Å². The lowest BCUT2D eigenvalue weighted by molar-refractivity contribution is 0.261. The van der Waals surface area contributed by atoms with Crippen molar-refractivity contribution >= 4 is 17.6 Å². The number of fused-ring (bicyclic) bond motifs is 1. The highest BCUT2D eigenvalue weighted by molar-refractivity contribution is 6.01. The first-order chi connectivity index (χ1) is 18.7. The molecule has 38 heavy (non-hydrogen) atoms. The van der Waals surface area contributed by atoms with Crippen molar-refractivity contribution in [1.29, 1.82) is 0 Å². The van der Waals surface area contributed by atoms with Gasteiger partial charge in [-0.3, -0.25) is 5.32 Å². The van der Waals surface area contributed by atoms with Crippen LogP contribution in [-0.4, -0.2) is 38.4 Å². The van der Waals surface area contributed by atoms with Gasteiger partial charge in [-0.1, -0.05) is 59.8 Å². The Morgan fingerprint density at radius 2 is 1.82 bits per heavy atom. The molecule has 3 heterocycles. The van der Waals surface area contributed by atoms with Gasteiger partial charge in [-0.05, 0) is 53.8 Å². The van der Waals surface area contributed by atoms with Crippen LogP contribution in [-0.2, 0) is 0 Å². The fourth-order valence-electron chi connectivity index (χ4n) is 4.86. The standard InChI is InChI=1S/C28H25N7O3/c1-17-14-25(38-33-17)30-28(36)29-24-16-19(21-10-5-6-11-22(21)27-31-34-35-32-27)15-23-20(12-7-13-37-26(23)24)18-8-3-2-4-9-18/h2-6,8-11,14-16,20H,7,12-13H2,1H3,(H2,29,30,36)(H,31,32,34,35). The van der Waals surface area contributed by atoms with Crippen LogP contribution in [0.1, 0.15) is 35.6 Å². The van der Waals surface area contributed by atoms with Crippen molar-refractivity contribution in [3.63, 3.8) is 0 Å². The summed E-state index contributed by atoms with van der Waals surface area (Å²) in [5, 5.41) is 24.1. The van der Waals surface area contributed by atoms with Crippen LogP contribution in [0.3, 0.4) is 0 Å². The topological polar surface area (TPSA) is 131 Å². The van der Waals surface area contributed by atoms with Gasteiger partial charge in [-0.15, -0.1) is 10.2 Å². The number of hydrogen-bond donors (Lipinski definition) is 3. The summed E-state index contributed by atoms with van der Waals surface area (Å²) in [5.41, 5.74) is 6.03. The van der Waals surface area contributed by atoms with E-state index < -0.39 is 6.03 Å². The van der Waals surface area contributed by atoms with Crippen molar-refractivity contribution in [2.45, 2.75) is 25.7 Å². The molecule has 5 aromatic rings. The number of hydrogen-bond acceptors (Lipinski definition) is 7. The minimum absolute atomic E-state index is 0.0894. The Labute approximate surface area is 218 Å². The predicted molar refractivity (Wildman–Crippen MR) is 142 cm³/mol. The highest BCUT2D eigenvalue weighted by Crippen LogP contribution is 2.45. The molecule has 0 saturated heterocycles. The molecule has 2 aromatic heterocycles. The Balaban J connectivity index is 1.48. The summed E-state index contributed by atoms with van der Waals surface area (Å²) in [7, 11) is 0. The molecule has 10 heteroatoms. The van der Waals surface area contributed by atoms with Gasteiger partial charge in [0.25, 0.3) is 0 Å². The number of H-pyrrole nitrogens is 1. The molecule has 3 aromatic carbocycles. The van der Waals surface area contributed by atoms with Crippen LogP contribution in [0.5, 0.6) is 5.75 Å². The number of aryl methyl sites for hydroxylation is 1. The molecular formula is C28H25N7O3. The average molecular weight is 508 g/mol. The molecule has 1 aliphatic rings. The molecule has 0 aliphatic carbocycles. The van der Waals surface area contributed by atoms with Gasteiger partial charge >= 0.3 is 6.03 Å². The largest absolute Gasteiger partial charge is 0.491 e. The molecule has 1 atom stereocenters. The fraction of sp³-hybridized carbons (Fsp3) is 0.179. The minimum Gasteiger partial charge on any atom is -0.491 e. The molecular weight excluding hydrogens is 482 g/mol. The van der Waals surface area contributed by atoms with Crippen LogP contribution < -0.4 is 15.4 Å². The van der Waals surface area contributed by atoms with Crippen LogP contribution in [0.15, 0.2) is 77.3 Å². The van der Waals surface area contributed by atoms with E-state index in [1.165, 1.54) is 5.56 Å². The number of tetrazole rings is 1. The van der Waals surface area contributed by atoms with Crippen molar-refractivity contribution in [3.05, 3.63) is 89.6 Å². The van der Waals surface area contributed by atoms with E-state index in [0.717, 1.165) is 35.1 Å². The number of urea groups is 1. The summed E-state index contributed by atoms with van der Waals surface area (Å²) in [6.45, 7) is 2.33. The zero-order valence-corrected chi connectivity index (χ0v) is 20.6. The van der Waals surface area contributed by atoms with E-state index in [1.807, 2.05) is 48.5 Å². The van der Waals surface area contributed by atoms with Crippen molar-refractivity contribution in [3.8, 4) is 28.3 Å². The number of benzene rings is 3. The molecule has 1 unspecified atom stereocenters. The maximum Gasteiger partial charge on any atom is 0.326 e. The molecule has 190 valence electrons. The molecule has 10 nitrogen and oxygen atoms in total. The number of aromatic amines is 1. The molecule has 3 N–H and O–H groups in total. The number of aromatic nitrogens is 5. The number of nitrogens with one attached hydrogen (secondary N) is 3. The van der Waals surface area contributed by atoms with E-state index in [1.54, 1.807) is 13.0 Å². The van der Waals surface area contributed by atoms with Crippen LogP contribution >= 0.6 is 0 Å². The lowest BCUT2D eigenvalue weighted by Gasteiger charge is -2.22. The highest BCUT2D eigenvalue weighted by Gasteiger charge is 2.26. The molecule has 0 spiro atoms. The third kappa shape index (κ3) is 4.71. The van der Waals surface area contributed by atoms with E-state index in [2.05, 4.69) is 54.6 Å². The van der Waals surface area contributed by atoms with E-state index in [9.17, 15) is 4.79 Å². The van der Waals surface area contributed by atoms with Crippen molar-refractivity contribution in [2.75, 3.05) is 17.2 Å². The lowest BCUT2D eigenvalue weighted by atomic mass is 9.85.